The van der Waals surface area contributed by atoms with Crippen molar-refractivity contribution in [1.29, 1.82) is 0 Å². The highest BCUT2D eigenvalue weighted by Gasteiger charge is 2.23. The molecule has 0 radical (unpaired) electrons. The molecule has 0 saturated carbocycles. The Bertz CT molecular complexity index is 1050. The summed E-state index contributed by atoms with van der Waals surface area (Å²) < 4.78 is 51.4. The number of anilines is 1. The number of aryl methyl sites for hydroxylation is 1. The molecule has 0 atom stereocenters. The van der Waals surface area contributed by atoms with Crippen molar-refractivity contribution in [2.75, 3.05) is 11.9 Å². The Kier molecular flexibility index (Phi) is 7.07. The minimum absolute atomic E-state index is 0.00894. The van der Waals surface area contributed by atoms with E-state index in [1.165, 1.54) is 0 Å². The van der Waals surface area contributed by atoms with E-state index in [1.54, 1.807) is 18.7 Å². The van der Waals surface area contributed by atoms with Gasteiger partial charge in [-0.15, -0.1) is 0 Å². The van der Waals surface area contributed by atoms with E-state index >= 15 is 0 Å². The predicted octanol–water partition coefficient (Wildman–Crippen LogP) is 2.65. The predicted molar refractivity (Wildman–Crippen MR) is 105 cm³/mol. The van der Waals surface area contributed by atoms with Gasteiger partial charge in [0.15, 0.2) is 0 Å². The van der Waals surface area contributed by atoms with E-state index in [9.17, 15) is 22.8 Å². The second kappa shape index (κ2) is 9.93. The molecule has 0 fully saturated rings. The lowest BCUT2D eigenvalue weighted by Crippen LogP contribution is -2.30. The van der Waals surface area contributed by atoms with Gasteiger partial charge in [0.2, 0.25) is 5.88 Å². The zero-order chi connectivity index (χ0) is 22.4. The Labute approximate surface area is 178 Å². The molecule has 0 saturated heterocycles. The molecule has 0 unspecified atom stereocenters. The van der Waals surface area contributed by atoms with Crippen molar-refractivity contribution in [1.82, 2.24) is 19.2 Å². The van der Waals surface area contributed by atoms with Crippen molar-refractivity contribution in [3.8, 4) is 5.88 Å². The zero-order valence-corrected chi connectivity index (χ0v) is 16.7. The molecule has 31 heavy (non-hydrogen) atoms. The van der Waals surface area contributed by atoms with E-state index in [4.69, 9.17) is 10.5 Å². The summed E-state index contributed by atoms with van der Waals surface area (Å²) in [4.78, 5) is 27.8. The number of hydrogen-bond acceptors (Lipinski definition) is 6. The molecule has 1 aromatic carbocycles. The number of primary amides is 1. The molecule has 0 bridgehead atoms. The SMILES string of the molecule is NC(=O)c1c(OCc2c(F)cc(F)cc2F)nsc1NC(=O)NCCCn1ccnc1. The molecular formula is C18H17F3N6O3S. The summed E-state index contributed by atoms with van der Waals surface area (Å²) in [6.45, 7) is 0.338. The van der Waals surface area contributed by atoms with Crippen LogP contribution in [0.25, 0.3) is 0 Å². The maximum atomic E-state index is 13.7. The molecule has 2 heterocycles. The maximum absolute atomic E-state index is 13.7. The number of hydrogen-bond donors (Lipinski definition) is 3. The smallest absolute Gasteiger partial charge is 0.319 e. The normalized spacial score (nSPS) is 10.7. The van der Waals surface area contributed by atoms with Crippen LogP contribution in [-0.2, 0) is 13.2 Å². The number of ether oxygens (including phenoxy) is 1. The molecule has 3 rings (SSSR count). The van der Waals surface area contributed by atoms with Gasteiger partial charge in [-0.1, -0.05) is 0 Å². The molecule has 9 nitrogen and oxygen atoms in total. The van der Waals surface area contributed by atoms with Crippen LogP contribution < -0.4 is 21.1 Å². The van der Waals surface area contributed by atoms with Crippen molar-refractivity contribution in [3.63, 3.8) is 0 Å². The van der Waals surface area contributed by atoms with Crippen LogP contribution >= 0.6 is 11.5 Å². The summed E-state index contributed by atoms with van der Waals surface area (Å²) in [5, 5.41) is 5.07. The number of nitrogens with two attached hydrogens (primary N) is 1. The van der Waals surface area contributed by atoms with Crippen molar-refractivity contribution in [2.24, 2.45) is 5.73 Å². The van der Waals surface area contributed by atoms with Crippen LogP contribution in [0, 0.1) is 17.5 Å². The number of imidazole rings is 1. The third kappa shape index (κ3) is 5.72. The molecule has 4 N–H and O–H groups in total. The number of nitrogens with zero attached hydrogens (tertiary/aromatic N) is 3. The van der Waals surface area contributed by atoms with Crippen LogP contribution in [0.15, 0.2) is 30.9 Å². The lowest BCUT2D eigenvalue weighted by atomic mass is 10.2. The van der Waals surface area contributed by atoms with E-state index in [1.807, 2.05) is 4.57 Å². The molecule has 0 aliphatic rings. The van der Waals surface area contributed by atoms with Gasteiger partial charge >= 0.3 is 6.03 Å². The van der Waals surface area contributed by atoms with E-state index < -0.39 is 41.6 Å². The molecule has 164 valence electrons. The lowest BCUT2D eigenvalue weighted by molar-refractivity contribution is 0.0996. The van der Waals surface area contributed by atoms with Crippen LogP contribution in [0.1, 0.15) is 22.3 Å². The van der Waals surface area contributed by atoms with E-state index in [2.05, 4.69) is 20.0 Å². The summed E-state index contributed by atoms with van der Waals surface area (Å²) >= 11 is 0.708. The maximum Gasteiger partial charge on any atom is 0.319 e. The Morgan fingerprint density at radius 2 is 1.97 bits per heavy atom. The first-order valence-electron chi connectivity index (χ1n) is 8.91. The molecular weight excluding hydrogens is 437 g/mol. The standard InChI is InChI=1S/C18H17F3N6O3S/c19-10-6-12(20)11(13(21)7-10)8-30-16-14(15(22)28)17(31-26-16)25-18(29)24-2-1-4-27-5-3-23-9-27/h3,5-7,9H,1-2,4,8H2,(H2,22,28)(H2,24,25,29). The Hall–Kier alpha value is -3.61. The third-order valence-electron chi connectivity index (χ3n) is 4.03. The fraction of sp³-hybridized carbons (Fsp3) is 0.222. The minimum atomic E-state index is -1.15. The number of benzene rings is 1. The van der Waals surface area contributed by atoms with Crippen LogP contribution in [0.5, 0.6) is 5.88 Å². The van der Waals surface area contributed by atoms with Gasteiger partial charge in [-0.2, -0.15) is 4.37 Å². The molecule has 0 spiro atoms. The third-order valence-corrected chi connectivity index (χ3v) is 4.78. The summed E-state index contributed by atoms with van der Waals surface area (Å²) in [5.74, 6) is -4.65. The highest BCUT2D eigenvalue weighted by atomic mass is 32.1. The number of halogens is 3. The first kappa shape index (κ1) is 22.1. The van der Waals surface area contributed by atoms with Gasteiger partial charge in [-0.25, -0.2) is 22.9 Å². The molecule has 0 aliphatic carbocycles. The topological polar surface area (TPSA) is 124 Å². The average molecular weight is 454 g/mol. The van der Waals surface area contributed by atoms with Gasteiger partial charge in [0.05, 0.1) is 11.9 Å². The highest BCUT2D eigenvalue weighted by molar-refractivity contribution is 7.11. The Balaban J connectivity index is 1.59. The monoisotopic (exact) mass is 454 g/mol. The lowest BCUT2D eigenvalue weighted by Gasteiger charge is -2.09. The highest BCUT2D eigenvalue weighted by Crippen LogP contribution is 2.31. The van der Waals surface area contributed by atoms with Crippen LogP contribution in [-0.4, -0.2) is 32.4 Å². The van der Waals surface area contributed by atoms with Gasteiger partial charge < -0.3 is 20.4 Å². The number of rotatable bonds is 9. The van der Waals surface area contributed by atoms with Gasteiger partial charge in [0, 0.05) is 37.6 Å². The number of aromatic nitrogens is 3. The summed E-state index contributed by atoms with van der Waals surface area (Å²) in [7, 11) is 0. The van der Waals surface area contributed by atoms with Crippen LogP contribution in [0.4, 0.5) is 23.0 Å². The van der Waals surface area contributed by atoms with Crippen molar-refractivity contribution in [3.05, 3.63) is 59.4 Å². The van der Waals surface area contributed by atoms with Crippen LogP contribution in [0.3, 0.4) is 0 Å². The number of carbonyl (C=O) groups excluding carboxylic acids is 2. The molecule has 13 heteroatoms. The van der Waals surface area contributed by atoms with Gasteiger partial charge in [-0.3, -0.25) is 10.1 Å². The fourth-order valence-electron chi connectivity index (χ4n) is 2.56. The van der Waals surface area contributed by atoms with Crippen molar-refractivity contribution < 1.29 is 27.5 Å². The van der Waals surface area contributed by atoms with Gasteiger partial charge in [0.1, 0.15) is 34.6 Å². The molecule has 0 aliphatic heterocycles. The van der Waals surface area contributed by atoms with Gasteiger partial charge in [-0.05, 0) is 18.0 Å². The zero-order valence-electron chi connectivity index (χ0n) is 15.9. The number of carbonyl (C=O) groups is 2. The second-order valence-electron chi connectivity index (χ2n) is 6.23. The van der Waals surface area contributed by atoms with Crippen molar-refractivity contribution >= 4 is 28.5 Å². The largest absolute Gasteiger partial charge is 0.471 e. The summed E-state index contributed by atoms with van der Waals surface area (Å²) in [6, 6.07) is 0.406. The number of amides is 3. The van der Waals surface area contributed by atoms with Gasteiger partial charge in [0.25, 0.3) is 5.91 Å². The Morgan fingerprint density at radius 1 is 1.23 bits per heavy atom. The first-order valence-corrected chi connectivity index (χ1v) is 9.68. The summed E-state index contributed by atoms with van der Waals surface area (Å²) in [5.41, 5.74) is 4.53. The van der Waals surface area contributed by atoms with E-state index in [0.29, 0.717) is 43.2 Å². The quantitative estimate of drug-likeness (QED) is 0.429. The molecule has 3 aromatic rings. The van der Waals surface area contributed by atoms with E-state index in [-0.39, 0.29) is 16.4 Å². The van der Waals surface area contributed by atoms with Crippen molar-refractivity contribution in [2.45, 2.75) is 19.6 Å². The fourth-order valence-corrected chi connectivity index (χ4v) is 3.29. The summed E-state index contributed by atoms with van der Waals surface area (Å²) in [6.07, 6.45) is 5.73. The number of nitrogens with one attached hydrogen (secondary N) is 2. The van der Waals surface area contributed by atoms with E-state index in [0.717, 1.165) is 0 Å². The Morgan fingerprint density at radius 3 is 2.61 bits per heavy atom. The molecule has 3 amide bonds. The molecule has 2 aromatic heterocycles. The first-order chi connectivity index (χ1) is 14.8. The average Bonchev–Trinajstić information content (AvgIpc) is 3.34. The van der Waals surface area contributed by atoms with Crippen LogP contribution in [0.2, 0.25) is 0 Å². The second-order valence-corrected chi connectivity index (χ2v) is 7.00. The minimum Gasteiger partial charge on any atom is -0.471 e. The number of urea groups is 1.